The number of nitrogens with one attached hydrogen (secondary N) is 1. The molecule has 1 atom stereocenters. The lowest BCUT2D eigenvalue weighted by atomic mass is 10.1. The number of rotatable bonds is 7. The normalized spacial score (nSPS) is 16.9. The maximum Gasteiger partial charge on any atom is 0.273 e. The van der Waals surface area contributed by atoms with Gasteiger partial charge in [0.2, 0.25) is 5.91 Å². The maximum absolute atomic E-state index is 13.3. The highest BCUT2D eigenvalue weighted by molar-refractivity contribution is 5.92. The molecule has 0 bridgehead atoms. The number of piperidine rings is 1. The molecule has 29 heavy (non-hydrogen) atoms. The van der Waals surface area contributed by atoms with E-state index in [4.69, 9.17) is 4.74 Å². The molecule has 1 N–H and O–H groups in total. The first-order valence-corrected chi connectivity index (χ1v) is 9.48. The van der Waals surface area contributed by atoms with Gasteiger partial charge in [0, 0.05) is 32.8 Å². The summed E-state index contributed by atoms with van der Waals surface area (Å²) in [4.78, 5) is 26.3. The van der Waals surface area contributed by atoms with E-state index in [1.165, 1.54) is 18.2 Å². The summed E-state index contributed by atoms with van der Waals surface area (Å²) in [5.41, 5.74) is 0.864. The minimum atomic E-state index is -0.342. The first kappa shape index (κ1) is 20.7. The molecule has 1 saturated heterocycles. The maximum atomic E-state index is 13.3. The van der Waals surface area contributed by atoms with Gasteiger partial charge >= 0.3 is 0 Å². The second-order valence-corrected chi connectivity index (χ2v) is 6.80. The monoisotopic (exact) mass is 401 g/mol. The van der Waals surface area contributed by atoms with E-state index < -0.39 is 0 Å². The molecule has 2 heterocycles. The van der Waals surface area contributed by atoms with Crippen molar-refractivity contribution in [2.24, 2.45) is 0 Å². The number of methoxy groups -OCH3 is 1. The summed E-state index contributed by atoms with van der Waals surface area (Å²) in [6, 6.07) is 6.02. The number of carbonyl (C=O) groups excluding carboxylic acids is 2. The molecule has 154 valence electrons. The fraction of sp³-hybridized carbons (Fsp3) is 0.400. The van der Waals surface area contributed by atoms with E-state index in [-0.39, 0.29) is 29.4 Å². The molecule has 1 aliphatic rings. The van der Waals surface area contributed by atoms with Gasteiger partial charge in [0.1, 0.15) is 5.82 Å². The van der Waals surface area contributed by atoms with Gasteiger partial charge in [0.25, 0.3) is 5.91 Å². The summed E-state index contributed by atoms with van der Waals surface area (Å²) in [7, 11) is 1.56. The lowest BCUT2D eigenvalue weighted by Crippen LogP contribution is -2.40. The second kappa shape index (κ2) is 9.92. The predicted octanol–water partition coefficient (Wildman–Crippen LogP) is 1.67. The number of ether oxygens (including phenoxy) is 1. The lowest BCUT2D eigenvalue weighted by molar-refractivity contribution is -0.127. The van der Waals surface area contributed by atoms with Crippen LogP contribution >= 0.6 is 0 Å². The Bertz CT molecular complexity index is 883. The molecule has 2 amide bonds. The van der Waals surface area contributed by atoms with E-state index in [0.29, 0.717) is 31.8 Å². The first-order valence-electron chi connectivity index (χ1n) is 9.48. The fourth-order valence-electron chi connectivity index (χ4n) is 3.17. The SMILES string of the molecule is COCCNC(=O)c1cn([C@H]2CCCN(C(=O)/C=C\c3cccc(F)c3)C2)nn1. The van der Waals surface area contributed by atoms with E-state index >= 15 is 0 Å². The Labute approximate surface area is 168 Å². The summed E-state index contributed by atoms with van der Waals surface area (Å²) in [6.45, 7) is 1.93. The molecule has 0 spiro atoms. The Morgan fingerprint density at radius 2 is 2.28 bits per heavy atom. The van der Waals surface area contributed by atoms with Crippen LogP contribution in [0.25, 0.3) is 6.08 Å². The van der Waals surface area contributed by atoms with Gasteiger partial charge in [-0.05, 0) is 36.6 Å². The highest BCUT2D eigenvalue weighted by atomic mass is 19.1. The molecule has 0 saturated carbocycles. The molecular formula is C20H24FN5O3. The quantitative estimate of drug-likeness (QED) is 0.563. The van der Waals surface area contributed by atoms with Crippen molar-refractivity contribution in [3.8, 4) is 0 Å². The Morgan fingerprint density at radius 3 is 3.07 bits per heavy atom. The molecule has 2 aromatic rings. The third-order valence-electron chi connectivity index (χ3n) is 4.68. The number of carbonyl (C=O) groups is 2. The standard InChI is InChI=1S/C20H24FN5O3/c1-29-11-9-22-20(28)18-14-26(24-23-18)17-6-3-10-25(13-17)19(27)8-7-15-4-2-5-16(21)12-15/h2,4-5,7-8,12,14,17H,3,6,9-11,13H2,1H3,(H,22,28)/b8-7-/t17-/m0/s1. The van der Waals surface area contributed by atoms with Gasteiger partial charge in [-0.3, -0.25) is 9.59 Å². The van der Waals surface area contributed by atoms with Gasteiger partial charge in [0.15, 0.2) is 5.69 Å². The van der Waals surface area contributed by atoms with Gasteiger partial charge in [-0.2, -0.15) is 0 Å². The third-order valence-corrected chi connectivity index (χ3v) is 4.68. The van der Waals surface area contributed by atoms with E-state index in [1.807, 2.05) is 0 Å². The molecule has 9 heteroatoms. The van der Waals surface area contributed by atoms with E-state index in [0.717, 1.165) is 12.8 Å². The van der Waals surface area contributed by atoms with Crippen LogP contribution in [-0.4, -0.2) is 65.1 Å². The minimum Gasteiger partial charge on any atom is -0.383 e. The number of hydrogen-bond acceptors (Lipinski definition) is 5. The molecule has 8 nitrogen and oxygen atoms in total. The summed E-state index contributed by atoms with van der Waals surface area (Å²) in [5.74, 6) is -0.794. The first-order chi connectivity index (χ1) is 14.1. The highest BCUT2D eigenvalue weighted by Crippen LogP contribution is 2.21. The summed E-state index contributed by atoms with van der Waals surface area (Å²) < 4.78 is 19.8. The van der Waals surface area contributed by atoms with Crippen LogP contribution in [-0.2, 0) is 9.53 Å². The van der Waals surface area contributed by atoms with Crippen molar-refractivity contribution in [3.05, 3.63) is 53.6 Å². The van der Waals surface area contributed by atoms with Crippen molar-refractivity contribution < 1.29 is 18.7 Å². The van der Waals surface area contributed by atoms with Crippen molar-refractivity contribution in [2.75, 3.05) is 33.4 Å². The summed E-state index contributed by atoms with van der Waals surface area (Å²) >= 11 is 0. The van der Waals surface area contributed by atoms with Gasteiger partial charge in [-0.25, -0.2) is 9.07 Å². The van der Waals surface area contributed by atoms with Crippen LogP contribution in [0.4, 0.5) is 4.39 Å². The Balaban J connectivity index is 1.59. The van der Waals surface area contributed by atoms with Crippen LogP contribution in [0.1, 0.15) is 34.9 Å². The Morgan fingerprint density at radius 1 is 1.41 bits per heavy atom. The largest absolute Gasteiger partial charge is 0.383 e. The average molecular weight is 401 g/mol. The molecule has 1 aromatic heterocycles. The summed E-state index contributed by atoms with van der Waals surface area (Å²) in [6.07, 6.45) is 6.31. The van der Waals surface area contributed by atoms with Gasteiger partial charge < -0.3 is 15.0 Å². The number of amides is 2. The molecule has 1 aliphatic heterocycles. The average Bonchev–Trinajstić information content (AvgIpc) is 3.23. The molecule has 0 radical (unpaired) electrons. The van der Waals surface area contributed by atoms with Crippen LogP contribution in [0.2, 0.25) is 0 Å². The Hall–Kier alpha value is -3.07. The van der Waals surface area contributed by atoms with Crippen LogP contribution in [0, 0.1) is 5.82 Å². The molecule has 1 aromatic carbocycles. The number of likely N-dealkylation sites (tertiary alicyclic amines) is 1. The van der Waals surface area contributed by atoms with Crippen molar-refractivity contribution in [1.82, 2.24) is 25.2 Å². The van der Waals surface area contributed by atoms with Crippen molar-refractivity contribution in [2.45, 2.75) is 18.9 Å². The topological polar surface area (TPSA) is 89.4 Å². The minimum absolute atomic E-state index is 0.0525. The second-order valence-electron chi connectivity index (χ2n) is 6.80. The van der Waals surface area contributed by atoms with Crippen molar-refractivity contribution in [1.29, 1.82) is 0 Å². The van der Waals surface area contributed by atoms with Crippen LogP contribution in [0.15, 0.2) is 36.5 Å². The molecule has 1 fully saturated rings. The van der Waals surface area contributed by atoms with Crippen molar-refractivity contribution >= 4 is 17.9 Å². The van der Waals surface area contributed by atoms with Gasteiger partial charge in [0.05, 0.1) is 18.8 Å². The van der Waals surface area contributed by atoms with E-state index in [9.17, 15) is 14.0 Å². The predicted molar refractivity (Wildman–Crippen MR) is 105 cm³/mol. The van der Waals surface area contributed by atoms with Gasteiger partial charge in [-0.1, -0.05) is 17.3 Å². The molecule has 0 unspecified atom stereocenters. The fourth-order valence-corrected chi connectivity index (χ4v) is 3.17. The van der Waals surface area contributed by atoms with Crippen molar-refractivity contribution in [3.63, 3.8) is 0 Å². The Kier molecular flexibility index (Phi) is 7.07. The van der Waals surface area contributed by atoms with E-state index in [1.54, 1.807) is 41.1 Å². The molecule has 3 rings (SSSR count). The number of halogens is 1. The van der Waals surface area contributed by atoms with Crippen LogP contribution in [0.5, 0.6) is 0 Å². The number of hydrogen-bond donors (Lipinski definition) is 1. The molecular weight excluding hydrogens is 377 g/mol. The zero-order chi connectivity index (χ0) is 20.6. The molecule has 0 aliphatic carbocycles. The van der Waals surface area contributed by atoms with Crippen LogP contribution < -0.4 is 5.32 Å². The van der Waals surface area contributed by atoms with Crippen LogP contribution in [0.3, 0.4) is 0 Å². The lowest BCUT2D eigenvalue weighted by Gasteiger charge is -2.31. The highest BCUT2D eigenvalue weighted by Gasteiger charge is 2.25. The smallest absolute Gasteiger partial charge is 0.273 e. The summed E-state index contributed by atoms with van der Waals surface area (Å²) in [5, 5.41) is 10.7. The number of benzene rings is 1. The third kappa shape index (κ3) is 5.71. The zero-order valence-corrected chi connectivity index (χ0v) is 16.3. The zero-order valence-electron chi connectivity index (χ0n) is 16.3. The number of nitrogens with zero attached hydrogens (tertiary/aromatic N) is 4. The van der Waals surface area contributed by atoms with E-state index in [2.05, 4.69) is 15.6 Å². The number of aromatic nitrogens is 3. The van der Waals surface area contributed by atoms with Gasteiger partial charge in [-0.15, -0.1) is 5.10 Å².